The molecular weight excluding hydrogens is 356 g/mol. The Balaban J connectivity index is 1.74. The number of aryl methyl sites for hydroxylation is 1. The van der Waals surface area contributed by atoms with Crippen LogP contribution in [0, 0.1) is 5.92 Å². The van der Waals surface area contributed by atoms with Gasteiger partial charge in [0.1, 0.15) is 5.82 Å². The zero-order valence-electron chi connectivity index (χ0n) is 16.6. The molecule has 0 aliphatic carbocycles. The van der Waals surface area contributed by atoms with Crippen molar-refractivity contribution >= 4 is 22.7 Å². The number of aromatic nitrogens is 2. The number of rotatable bonds is 5. The van der Waals surface area contributed by atoms with Crippen LogP contribution in [0.25, 0.3) is 10.9 Å². The largest absolute Gasteiger partial charge is 0.354 e. The molecule has 0 atom stereocenters. The maximum Gasteiger partial charge on any atom is 0.261 e. The summed E-state index contributed by atoms with van der Waals surface area (Å²) in [5.74, 6) is 0.447. The number of nitrogens with zero attached hydrogens (tertiary/aromatic N) is 2. The van der Waals surface area contributed by atoms with Crippen molar-refractivity contribution in [3.05, 3.63) is 39.9 Å². The third-order valence-electron chi connectivity index (χ3n) is 5.06. The third kappa shape index (κ3) is 4.58. The Labute approximate surface area is 164 Å². The van der Waals surface area contributed by atoms with E-state index in [-0.39, 0.29) is 23.3 Å². The van der Waals surface area contributed by atoms with Gasteiger partial charge in [-0.2, -0.15) is 0 Å². The van der Waals surface area contributed by atoms with Gasteiger partial charge in [-0.25, -0.2) is 4.98 Å². The van der Waals surface area contributed by atoms with Gasteiger partial charge in [-0.1, -0.05) is 26.7 Å². The van der Waals surface area contributed by atoms with E-state index in [1.54, 1.807) is 22.8 Å². The van der Waals surface area contributed by atoms with Crippen molar-refractivity contribution in [2.24, 2.45) is 5.92 Å². The van der Waals surface area contributed by atoms with E-state index in [1.165, 1.54) is 0 Å². The Bertz CT molecular complexity index is 933. The molecule has 2 heterocycles. The van der Waals surface area contributed by atoms with E-state index in [4.69, 9.17) is 0 Å². The predicted molar refractivity (Wildman–Crippen MR) is 108 cm³/mol. The first kappa shape index (κ1) is 20.0. The molecule has 7 nitrogen and oxygen atoms in total. The number of hydrogen-bond acceptors (Lipinski definition) is 4. The number of benzene rings is 1. The summed E-state index contributed by atoms with van der Waals surface area (Å²) in [6.45, 7) is 5.07. The lowest BCUT2D eigenvalue weighted by atomic mass is 10.1. The number of hydrogen-bond donors (Lipinski definition) is 2. The van der Waals surface area contributed by atoms with Crippen molar-refractivity contribution in [1.82, 2.24) is 20.2 Å². The van der Waals surface area contributed by atoms with Crippen molar-refractivity contribution in [3.63, 3.8) is 0 Å². The molecule has 28 heavy (non-hydrogen) atoms. The minimum atomic E-state index is -0.241. The minimum absolute atomic E-state index is 0.0229. The van der Waals surface area contributed by atoms with Crippen molar-refractivity contribution in [3.8, 4) is 0 Å². The molecule has 3 rings (SSSR count). The highest BCUT2D eigenvalue weighted by Crippen LogP contribution is 2.16. The maximum absolute atomic E-state index is 12.8. The molecule has 0 bridgehead atoms. The summed E-state index contributed by atoms with van der Waals surface area (Å²) in [5.41, 5.74) is 1.01. The third-order valence-corrected chi connectivity index (χ3v) is 5.06. The van der Waals surface area contributed by atoms with Crippen molar-refractivity contribution in [2.75, 3.05) is 13.1 Å². The molecule has 1 aromatic carbocycles. The van der Waals surface area contributed by atoms with Crippen LogP contribution in [-0.2, 0) is 17.8 Å². The lowest BCUT2D eigenvalue weighted by Gasteiger charge is -2.16. The fourth-order valence-corrected chi connectivity index (χ4v) is 3.40. The first-order chi connectivity index (χ1) is 13.5. The minimum Gasteiger partial charge on any atom is -0.354 e. The molecule has 0 saturated carbocycles. The van der Waals surface area contributed by atoms with Crippen LogP contribution in [0.4, 0.5) is 0 Å². The number of carbonyl (C=O) groups excluding carboxylic acids is 2. The summed E-state index contributed by atoms with van der Waals surface area (Å²) in [7, 11) is 0. The summed E-state index contributed by atoms with van der Waals surface area (Å²) in [5, 5.41) is 6.10. The van der Waals surface area contributed by atoms with Gasteiger partial charge in [0.15, 0.2) is 0 Å². The van der Waals surface area contributed by atoms with Gasteiger partial charge in [-0.15, -0.1) is 0 Å². The fourth-order valence-electron chi connectivity index (χ4n) is 3.40. The van der Waals surface area contributed by atoms with Crippen LogP contribution >= 0.6 is 0 Å². The van der Waals surface area contributed by atoms with E-state index in [1.807, 2.05) is 13.8 Å². The lowest BCUT2D eigenvalue weighted by molar-refractivity contribution is -0.123. The smallest absolute Gasteiger partial charge is 0.261 e. The summed E-state index contributed by atoms with van der Waals surface area (Å²) >= 11 is 0. The van der Waals surface area contributed by atoms with E-state index in [9.17, 15) is 14.4 Å². The molecule has 1 aliphatic rings. The van der Waals surface area contributed by atoms with Crippen LogP contribution in [0.2, 0.25) is 0 Å². The number of fused-ring (bicyclic) bond motifs is 2. The van der Waals surface area contributed by atoms with E-state index in [0.29, 0.717) is 36.1 Å². The van der Waals surface area contributed by atoms with Gasteiger partial charge in [0.2, 0.25) is 5.91 Å². The zero-order valence-corrected chi connectivity index (χ0v) is 16.6. The number of amides is 2. The molecule has 2 amide bonds. The molecule has 0 unspecified atom stereocenters. The topological polar surface area (TPSA) is 93.1 Å². The van der Waals surface area contributed by atoms with Gasteiger partial charge in [0.25, 0.3) is 11.5 Å². The van der Waals surface area contributed by atoms with Gasteiger partial charge in [0, 0.05) is 37.5 Å². The van der Waals surface area contributed by atoms with Crippen LogP contribution in [0.15, 0.2) is 23.0 Å². The van der Waals surface area contributed by atoms with Gasteiger partial charge in [-0.3, -0.25) is 19.0 Å². The van der Waals surface area contributed by atoms with Crippen molar-refractivity contribution in [1.29, 1.82) is 0 Å². The van der Waals surface area contributed by atoms with Crippen LogP contribution in [0.3, 0.4) is 0 Å². The van der Waals surface area contributed by atoms with Gasteiger partial charge >= 0.3 is 0 Å². The Hall–Kier alpha value is -2.70. The second-order valence-corrected chi connectivity index (χ2v) is 7.58. The lowest BCUT2D eigenvalue weighted by Crippen LogP contribution is -2.36. The highest BCUT2D eigenvalue weighted by molar-refractivity contribution is 5.97. The Morgan fingerprint density at radius 1 is 1.11 bits per heavy atom. The monoisotopic (exact) mass is 384 g/mol. The standard InChI is InChI=1S/C21H28N4O3/c1-14(2)19(26)22-10-11-23-20(27)15-8-9-16-17(13-15)24-18-7-5-3-4-6-12-25(18)21(16)28/h8-9,13-14H,3-7,10-12H2,1-2H3,(H,22,26)(H,23,27). The normalized spacial score (nSPS) is 14.2. The van der Waals surface area contributed by atoms with E-state index >= 15 is 0 Å². The Morgan fingerprint density at radius 3 is 2.64 bits per heavy atom. The first-order valence-electron chi connectivity index (χ1n) is 10.1. The first-order valence-corrected chi connectivity index (χ1v) is 10.1. The molecule has 1 aliphatic heterocycles. The molecule has 7 heteroatoms. The fraction of sp³-hybridized carbons (Fsp3) is 0.524. The van der Waals surface area contributed by atoms with Gasteiger partial charge < -0.3 is 10.6 Å². The average Bonchev–Trinajstić information content (AvgIpc) is 2.66. The number of nitrogens with one attached hydrogen (secondary N) is 2. The SMILES string of the molecule is CC(C)C(=O)NCCNC(=O)c1ccc2c(=O)n3c(nc2c1)CCCCCC3. The zero-order chi connectivity index (χ0) is 20.1. The van der Waals surface area contributed by atoms with Crippen LogP contribution in [0.1, 0.15) is 55.7 Å². The summed E-state index contributed by atoms with van der Waals surface area (Å²) in [6, 6.07) is 5.02. The average molecular weight is 384 g/mol. The van der Waals surface area contributed by atoms with Crippen LogP contribution in [-0.4, -0.2) is 34.5 Å². The molecule has 0 spiro atoms. The van der Waals surface area contributed by atoms with E-state index < -0.39 is 0 Å². The molecular formula is C21H28N4O3. The molecule has 0 fully saturated rings. The molecule has 0 radical (unpaired) electrons. The predicted octanol–water partition coefficient (Wildman–Crippen LogP) is 2.01. The van der Waals surface area contributed by atoms with Crippen LogP contribution < -0.4 is 16.2 Å². The van der Waals surface area contributed by atoms with E-state index in [0.717, 1.165) is 37.9 Å². The molecule has 2 N–H and O–H groups in total. The summed E-state index contributed by atoms with van der Waals surface area (Å²) in [4.78, 5) is 41.5. The molecule has 150 valence electrons. The Morgan fingerprint density at radius 2 is 1.86 bits per heavy atom. The van der Waals surface area contributed by atoms with Crippen LogP contribution in [0.5, 0.6) is 0 Å². The van der Waals surface area contributed by atoms with Crippen molar-refractivity contribution in [2.45, 2.75) is 52.5 Å². The summed E-state index contributed by atoms with van der Waals surface area (Å²) < 4.78 is 1.79. The molecule has 2 aromatic rings. The highest BCUT2D eigenvalue weighted by atomic mass is 16.2. The van der Waals surface area contributed by atoms with E-state index in [2.05, 4.69) is 15.6 Å². The number of carbonyl (C=O) groups is 2. The van der Waals surface area contributed by atoms with Gasteiger partial charge in [0.05, 0.1) is 10.9 Å². The second-order valence-electron chi connectivity index (χ2n) is 7.58. The molecule has 0 saturated heterocycles. The highest BCUT2D eigenvalue weighted by Gasteiger charge is 2.15. The van der Waals surface area contributed by atoms with Crippen molar-refractivity contribution < 1.29 is 9.59 Å². The maximum atomic E-state index is 12.8. The summed E-state index contributed by atoms with van der Waals surface area (Å²) in [6.07, 6.45) is 5.11. The second kappa shape index (κ2) is 8.99. The van der Waals surface area contributed by atoms with Gasteiger partial charge in [-0.05, 0) is 31.0 Å². The Kier molecular flexibility index (Phi) is 6.44. The molecule has 1 aromatic heterocycles. The quantitative estimate of drug-likeness (QED) is 0.771.